The molecule has 1 fully saturated rings. The van der Waals surface area contributed by atoms with Crippen LogP contribution in [0.4, 0.5) is 0 Å². The number of rotatable bonds is 1. The van der Waals surface area contributed by atoms with Crippen molar-refractivity contribution in [2.75, 3.05) is 26.3 Å². The Morgan fingerprint density at radius 3 is 1.83 bits per heavy atom. The number of nitrogens with zero attached hydrogens (tertiary/aromatic N) is 1. The van der Waals surface area contributed by atoms with Gasteiger partial charge in [0.15, 0.2) is 0 Å². The monoisotopic (exact) mass is 319 g/mol. The lowest BCUT2D eigenvalue weighted by Crippen LogP contribution is -2.40. The minimum absolute atomic E-state index is 0.0179. The summed E-state index contributed by atoms with van der Waals surface area (Å²) in [5.74, 6) is 0.327. The van der Waals surface area contributed by atoms with Gasteiger partial charge in [-0.3, -0.25) is 4.79 Å². The molecule has 0 saturated carbocycles. The third-order valence-electron chi connectivity index (χ3n) is 4.27. The normalized spacial score (nSPS) is 16.5. The lowest BCUT2D eigenvalue weighted by atomic mass is 9.78. The van der Waals surface area contributed by atoms with E-state index in [1.165, 1.54) is 0 Å². The van der Waals surface area contributed by atoms with Crippen molar-refractivity contribution in [3.63, 3.8) is 0 Å². The molecule has 1 amide bonds. The summed E-state index contributed by atoms with van der Waals surface area (Å²) >= 11 is 0. The van der Waals surface area contributed by atoms with Crippen LogP contribution in [-0.4, -0.2) is 42.2 Å². The second kappa shape index (κ2) is 6.16. The number of hydrogen-bond acceptors (Lipinski definition) is 3. The Bertz CT molecular complexity index is 553. The Labute approximate surface area is 139 Å². The predicted molar refractivity (Wildman–Crippen MR) is 92.2 cm³/mol. The van der Waals surface area contributed by atoms with Crippen LogP contribution in [-0.2, 0) is 15.6 Å². The van der Waals surface area contributed by atoms with Gasteiger partial charge in [-0.2, -0.15) is 0 Å². The molecule has 2 rings (SSSR count). The van der Waals surface area contributed by atoms with Crippen molar-refractivity contribution in [2.24, 2.45) is 0 Å². The second-order valence-electron chi connectivity index (χ2n) is 8.32. The average Bonchev–Trinajstić information content (AvgIpc) is 2.45. The molecule has 0 spiro atoms. The van der Waals surface area contributed by atoms with Crippen molar-refractivity contribution >= 4 is 5.91 Å². The summed E-state index contributed by atoms with van der Waals surface area (Å²) in [5.41, 5.74) is 1.83. The molecule has 0 atom stereocenters. The Morgan fingerprint density at radius 2 is 1.43 bits per heavy atom. The van der Waals surface area contributed by atoms with Crippen molar-refractivity contribution in [3.05, 3.63) is 28.8 Å². The van der Waals surface area contributed by atoms with Crippen molar-refractivity contribution in [3.8, 4) is 5.75 Å². The highest BCUT2D eigenvalue weighted by atomic mass is 16.5. The first kappa shape index (κ1) is 17.8. The molecular formula is C19H29NO3. The molecule has 23 heavy (non-hydrogen) atoms. The maximum Gasteiger partial charge on any atom is 0.254 e. The third kappa shape index (κ3) is 3.86. The van der Waals surface area contributed by atoms with E-state index in [1.54, 1.807) is 0 Å². The SMILES string of the molecule is CC(C)(C)c1cc(C(=O)N2CCOCC2)cc(C(C)(C)C)c1O. The largest absolute Gasteiger partial charge is 0.507 e. The summed E-state index contributed by atoms with van der Waals surface area (Å²) in [7, 11) is 0. The van der Waals surface area contributed by atoms with E-state index in [9.17, 15) is 9.90 Å². The first-order valence-electron chi connectivity index (χ1n) is 8.27. The summed E-state index contributed by atoms with van der Waals surface area (Å²) < 4.78 is 5.33. The van der Waals surface area contributed by atoms with E-state index < -0.39 is 0 Å². The second-order valence-corrected chi connectivity index (χ2v) is 8.32. The first-order chi connectivity index (χ1) is 10.5. The van der Waals surface area contributed by atoms with Gasteiger partial charge in [-0.05, 0) is 23.0 Å². The molecule has 1 aromatic rings. The topological polar surface area (TPSA) is 49.8 Å². The minimum atomic E-state index is -0.231. The van der Waals surface area contributed by atoms with E-state index in [2.05, 4.69) is 41.5 Å². The summed E-state index contributed by atoms with van der Waals surface area (Å²) in [6.07, 6.45) is 0. The zero-order chi connectivity index (χ0) is 17.4. The number of aromatic hydroxyl groups is 1. The zero-order valence-electron chi connectivity index (χ0n) is 15.2. The fourth-order valence-electron chi connectivity index (χ4n) is 2.85. The number of hydrogen-bond donors (Lipinski definition) is 1. The number of phenolic OH excluding ortho intramolecular Hbond substituents is 1. The molecule has 0 radical (unpaired) electrons. The highest BCUT2D eigenvalue weighted by molar-refractivity contribution is 5.95. The molecule has 1 aliphatic rings. The number of morpholine rings is 1. The Hall–Kier alpha value is -1.55. The van der Waals surface area contributed by atoms with Crippen LogP contribution in [0.15, 0.2) is 12.1 Å². The Balaban J connectivity index is 2.53. The highest BCUT2D eigenvalue weighted by Gasteiger charge is 2.29. The van der Waals surface area contributed by atoms with Crippen LogP contribution in [0.2, 0.25) is 0 Å². The van der Waals surface area contributed by atoms with Gasteiger partial charge in [0.25, 0.3) is 5.91 Å². The van der Waals surface area contributed by atoms with Gasteiger partial charge in [-0.25, -0.2) is 0 Å². The maximum atomic E-state index is 12.9. The van der Waals surface area contributed by atoms with Gasteiger partial charge in [0.2, 0.25) is 0 Å². The molecule has 4 heteroatoms. The molecule has 1 heterocycles. The van der Waals surface area contributed by atoms with Crippen molar-refractivity contribution in [2.45, 2.75) is 52.4 Å². The van der Waals surface area contributed by atoms with E-state index in [0.717, 1.165) is 11.1 Å². The van der Waals surface area contributed by atoms with E-state index in [1.807, 2.05) is 17.0 Å². The van der Waals surface area contributed by atoms with Crippen LogP contribution in [0.3, 0.4) is 0 Å². The van der Waals surface area contributed by atoms with Crippen molar-refractivity contribution in [1.82, 2.24) is 4.90 Å². The highest BCUT2D eigenvalue weighted by Crippen LogP contribution is 2.40. The molecule has 0 aromatic heterocycles. The van der Waals surface area contributed by atoms with E-state index >= 15 is 0 Å². The molecule has 0 aliphatic carbocycles. The molecule has 128 valence electrons. The fourth-order valence-corrected chi connectivity index (χ4v) is 2.85. The number of ether oxygens (including phenoxy) is 1. The quantitative estimate of drug-likeness (QED) is 0.862. The molecular weight excluding hydrogens is 290 g/mol. The molecule has 1 aromatic carbocycles. The fraction of sp³-hybridized carbons (Fsp3) is 0.632. The maximum absolute atomic E-state index is 12.9. The molecule has 0 unspecified atom stereocenters. The number of carbonyl (C=O) groups is 1. The molecule has 1 N–H and O–H groups in total. The number of amides is 1. The third-order valence-corrected chi connectivity index (χ3v) is 4.27. The van der Waals surface area contributed by atoms with Crippen LogP contribution in [0, 0.1) is 0 Å². The predicted octanol–water partition coefficient (Wildman–Crippen LogP) is 3.46. The zero-order valence-corrected chi connectivity index (χ0v) is 15.2. The van der Waals surface area contributed by atoms with Gasteiger partial charge < -0.3 is 14.7 Å². The van der Waals surface area contributed by atoms with Crippen LogP contribution in [0.1, 0.15) is 63.0 Å². The van der Waals surface area contributed by atoms with Gasteiger partial charge in [-0.15, -0.1) is 0 Å². The molecule has 1 saturated heterocycles. The molecule has 4 nitrogen and oxygen atoms in total. The van der Waals surface area contributed by atoms with E-state index in [4.69, 9.17) is 4.74 Å². The first-order valence-corrected chi connectivity index (χ1v) is 8.27. The average molecular weight is 319 g/mol. The summed E-state index contributed by atoms with van der Waals surface area (Å²) in [6.45, 7) is 14.7. The lowest BCUT2D eigenvalue weighted by Gasteiger charge is -2.30. The Kier molecular flexibility index (Phi) is 4.76. The minimum Gasteiger partial charge on any atom is -0.507 e. The van der Waals surface area contributed by atoms with Crippen LogP contribution >= 0.6 is 0 Å². The van der Waals surface area contributed by atoms with Gasteiger partial charge >= 0.3 is 0 Å². The molecule has 0 bridgehead atoms. The summed E-state index contributed by atoms with van der Waals surface area (Å²) in [5, 5.41) is 10.7. The van der Waals surface area contributed by atoms with Gasteiger partial charge in [0.1, 0.15) is 5.75 Å². The Morgan fingerprint density at radius 1 is 1.00 bits per heavy atom. The summed E-state index contributed by atoms with van der Waals surface area (Å²) in [6, 6.07) is 3.70. The number of benzene rings is 1. The lowest BCUT2D eigenvalue weighted by molar-refractivity contribution is 0.0302. The number of phenols is 1. The van der Waals surface area contributed by atoms with Gasteiger partial charge in [0.05, 0.1) is 13.2 Å². The standard InChI is InChI=1S/C19H29NO3/c1-18(2,3)14-11-13(12-15(16(14)21)19(4,5)6)17(22)20-7-9-23-10-8-20/h11-12,21H,7-10H2,1-6H3. The van der Waals surface area contributed by atoms with Crippen LogP contribution in [0.5, 0.6) is 5.75 Å². The van der Waals surface area contributed by atoms with E-state index in [-0.39, 0.29) is 16.7 Å². The van der Waals surface area contributed by atoms with Crippen LogP contribution in [0.25, 0.3) is 0 Å². The number of carbonyl (C=O) groups excluding carboxylic acids is 1. The van der Waals surface area contributed by atoms with Crippen molar-refractivity contribution in [1.29, 1.82) is 0 Å². The molecule has 1 aliphatic heterocycles. The van der Waals surface area contributed by atoms with Crippen LogP contribution < -0.4 is 0 Å². The van der Waals surface area contributed by atoms with Crippen molar-refractivity contribution < 1.29 is 14.6 Å². The van der Waals surface area contributed by atoms with E-state index in [0.29, 0.717) is 37.6 Å². The van der Waals surface area contributed by atoms with Gasteiger partial charge in [-0.1, -0.05) is 41.5 Å². The smallest absolute Gasteiger partial charge is 0.254 e. The van der Waals surface area contributed by atoms with Gasteiger partial charge in [0, 0.05) is 29.8 Å². The summed E-state index contributed by atoms with van der Waals surface area (Å²) in [4.78, 5) is 14.7.